The Morgan fingerprint density at radius 3 is 2.55 bits per heavy atom. The molecule has 1 fully saturated rings. The smallest absolute Gasteiger partial charge is 0.317 e. The molecule has 0 spiro atoms. The number of amides is 2. The zero-order valence-corrected chi connectivity index (χ0v) is 12.4. The van der Waals surface area contributed by atoms with Gasteiger partial charge in [0, 0.05) is 19.1 Å². The maximum atomic E-state index is 12.2. The van der Waals surface area contributed by atoms with Gasteiger partial charge < -0.3 is 15.0 Å². The first kappa shape index (κ1) is 14.9. The van der Waals surface area contributed by atoms with Crippen LogP contribution in [0.15, 0.2) is 24.3 Å². The largest absolute Gasteiger partial charge is 0.378 e. The fourth-order valence-electron chi connectivity index (χ4n) is 2.34. The van der Waals surface area contributed by atoms with E-state index in [-0.39, 0.29) is 12.1 Å². The number of ether oxygens (including phenoxy) is 1. The minimum atomic E-state index is 0.0345. The van der Waals surface area contributed by atoms with Gasteiger partial charge in [-0.05, 0) is 25.3 Å². The lowest BCUT2D eigenvalue weighted by Crippen LogP contribution is -2.49. The van der Waals surface area contributed by atoms with Crippen LogP contribution in [0.3, 0.4) is 0 Å². The summed E-state index contributed by atoms with van der Waals surface area (Å²) in [6.45, 7) is 6.85. The Balaban J connectivity index is 1.87. The molecule has 1 atom stereocenters. The van der Waals surface area contributed by atoms with Gasteiger partial charge in [0.05, 0.1) is 13.2 Å². The molecule has 0 aliphatic carbocycles. The first-order valence-corrected chi connectivity index (χ1v) is 7.37. The second-order valence-corrected chi connectivity index (χ2v) is 5.34. The summed E-state index contributed by atoms with van der Waals surface area (Å²) in [7, 11) is 0. The number of rotatable bonds is 4. The number of hydrogen-bond donors (Lipinski definition) is 1. The topological polar surface area (TPSA) is 41.6 Å². The van der Waals surface area contributed by atoms with E-state index in [1.54, 1.807) is 0 Å². The van der Waals surface area contributed by atoms with E-state index in [4.69, 9.17) is 4.74 Å². The molecule has 0 aromatic heterocycles. The number of carbonyl (C=O) groups is 1. The van der Waals surface area contributed by atoms with Gasteiger partial charge in [-0.25, -0.2) is 4.79 Å². The Bertz CT molecular complexity index is 425. The SMILES string of the molecule is CC[C@H](Cc1ccc(C)cc1)NC(=O)N1CCOCC1. The highest BCUT2D eigenvalue weighted by Crippen LogP contribution is 2.09. The van der Waals surface area contributed by atoms with Crippen LogP contribution >= 0.6 is 0 Å². The standard InChI is InChI=1S/C16H24N2O2/c1-3-15(12-14-6-4-13(2)5-7-14)17-16(19)18-8-10-20-11-9-18/h4-7,15H,3,8-12H2,1-2H3,(H,17,19)/t15-/m1/s1. The summed E-state index contributed by atoms with van der Waals surface area (Å²) in [6.07, 6.45) is 1.82. The number of morpholine rings is 1. The molecule has 1 aromatic carbocycles. The van der Waals surface area contributed by atoms with Gasteiger partial charge in [0.1, 0.15) is 0 Å². The molecule has 4 heteroatoms. The molecule has 0 unspecified atom stereocenters. The number of hydrogen-bond acceptors (Lipinski definition) is 2. The van der Waals surface area contributed by atoms with Gasteiger partial charge in [-0.15, -0.1) is 0 Å². The van der Waals surface area contributed by atoms with Crippen LogP contribution in [0.1, 0.15) is 24.5 Å². The summed E-state index contributed by atoms with van der Waals surface area (Å²) in [6, 6.07) is 8.73. The van der Waals surface area contributed by atoms with Crippen LogP contribution in [0, 0.1) is 6.92 Å². The second-order valence-electron chi connectivity index (χ2n) is 5.34. The first-order valence-electron chi connectivity index (χ1n) is 7.37. The van der Waals surface area contributed by atoms with Crippen molar-refractivity contribution in [3.63, 3.8) is 0 Å². The maximum absolute atomic E-state index is 12.2. The molecule has 4 nitrogen and oxygen atoms in total. The van der Waals surface area contributed by atoms with Crippen molar-refractivity contribution in [3.05, 3.63) is 35.4 Å². The van der Waals surface area contributed by atoms with Crippen LogP contribution in [-0.4, -0.2) is 43.3 Å². The van der Waals surface area contributed by atoms with Crippen molar-refractivity contribution >= 4 is 6.03 Å². The Kier molecular flexibility index (Phi) is 5.41. The maximum Gasteiger partial charge on any atom is 0.317 e. The van der Waals surface area contributed by atoms with E-state index in [1.807, 2.05) is 4.90 Å². The molecule has 1 aromatic rings. The Labute approximate surface area is 121 Å². The number of nitrogens with one attached hydrogen (secondary N) is 1. The van der Waals surface area contributed by atoms with Crippen molar-refractivity contribution < 1.29 is 9.53 Å². The van der Waals surface area contributed by atoms with Crippen LogP contribution < -0.4 is 5.32 Å². The Morgan fingerprint density at radius 2 is 1.95 bits per heavy atom. The molecule has 0 bridgehead atoms. The monoisotopic (exact) mass is 276 g/mol. The van der Waals surface area contributed by atoms with E-state index in [0.717, 1.165) is 12.8 Å². The van der Waals surface area contributed by atoms with Crippen molar-refractivity contribution in [3.8, 4) is 0 Å². The second kappa shape index (κ2) is 7.29. The molecule has 1 heterocycles. The summed E-state index contributed by atoms with van der Waals surface area (Å²) in [4.78, 5) is 14.0. The number of aryl methyl sites for hydroxylation is 1. The van der Waals surface area contributed by atoms with Crippen molar-refractivity contribution in [1.82, 2.24) is 10.2 Å². The van der Waals surface area contributed by atoms with Gasteiger partial charge in [0.15, 0.2) is 0 Å². The van der Waals surface area contributed by atoms with Crippen LogP contribution in [0.25, 0.3) is 0 Å². The summed E-state index contributed by atoms with van der Waals surface area (Å²) >= 11 is 0. The summed E-state index contributed by atoms with van der Waals surface area (Å²) in [5, 5.41) is 3.13. The number of nitrogens with zero attached hydrogens (tertiary/aromatic N) is 1. The predicted octanol–water partition coefficient (Wildman–Crippen LogP) is 2.36. The van der Waals surface area contributed by atoms with Crippen LogP contribution in [0.4, 0.5) is 4.79 Å². The van der Waals surface area contributed by atoms with Gasteiger partial charge in [0.2, 0.25) is 0 Å². The third kappa shape index (κ3) is 4.23. The van der Waals surface area contributed by atoms with E-state index >= 15 is 0 Å². The fraction of sp³-hybridized carbons (Fsp3) is 0.562. The zero-order chi connectivity index (χ0) is 14.4. The van der Waals surface area contributed by atoms with Gasteiger partial charge in [-0.1, -0.05) is 36.8 Å². The predicted molar refractivity (Wildman–Crippen MR) is 79.9 cm³/mol. The summed E-state index contributed by atoms with van der Waals surface area (Å²) in [5.41, 5.74) is 2.53. The van der Waals surface area contributed by atoms with E-state index < -0.39 is 0 Å². The minimum absolute atomic E-state index is 0.0345. The average molecular weight is 276 g/mol. The molecule has 110 valence electrons. The Morgan fingerprint density at radius 1 is 1.30 bits per heavy atom. The molecule has 1 aliphatic rings. The van der Waals surface area contributed by atoms with Crippen molar-refractivity contribution in [2.24, 2.45) is 0 Å². The van der Waals surface area contributed by atoms with E-state index in [0.29, 0.717) is 26.3 Å². The lowest BCUT2D eigenvalue weighted by molar-refractivity contribution is 0.0524. The van der Waals surface area contributed by atoms with E-state index in [1.165, 1.54) is 11.1 Å². The summed E-state index contributed by atoms with van der Waals surface area (Å²) in [5.74, 6) is 0. The molecule has 2 amide bonds. The van der Waals surface area contributed by atoms with Crippen molar-refractivity contribution in [2.45, 2.75) is 32.7 Å². The molecule has 1 aliphatic heterocycles. The molecular weight excluding hydrogens is 252 g/mol. The molecule has 0 radical (unpaired) electrons. The highest BCUT2D eigenvalue weighted by Gasteiger charge is 2.19. The zero-order valence-electron chi connectivity index (χ0n) is 12.4. The molecule has 2 rings (SSSR count). The highest BCUT2D eigenvalue weighted by molar-refractivity contribution is 5.74. The first-order chi connectivity index (χ1) is 9.69. The van der Waals surface area contributed by atoms with E-state index in [2.05, 4.69) is 43.4 Å². The summed E-state index contributed by atoms with van der Waals surface area (Å²) < 4.78 is 5.27. The third-order valence-corrected chi connectivity index (χ3v) is 3.72. The lowest BCUT2D eigenvalue weighted by atomic mass is 10.0. The van der Waals surface area contributed by atoms with Gasteiger partial charge >= 0.3 is 6.03 Å². The number of benzene rings is 1. The van der Waals surface area contributed by atoms with Crippen molar-refractivity contribution in [2.75, 3.05) is 26.3 Å². The van der Waals surface area contributed by atoms with Gasteiger partial charge in [-0.2, -0.15) is 0 Å². The van der Waals surface area contributed by atoms with Gasteiger partial charge in [0.25, 0.3) is 0 Å². The number of urea groups is 1. The number of carbonyl (C=O) groups excluding carboxylic acids is 1. The quantitative estimate of drug-likeness (QED) is 0.917. The average Bonchev–Trinajstić information content (AvgIpc) is 2.49. The molecule has 0 saturated carbocycles. The molecular formula is C16H24N2O2. The fourth-order valence-corrected chi connectivity index (χ4v) is 2.34. The lowest BCUT2D eigenvalue weighted by Gasteiger charge is -2.29. The van der Waals surface area contributed by atoms with Gasteiger partial charge in [-0.3, -0.25) is 0 Å². The normalized spacial score (nSPS) is 16.8. The highest BCUT2D eigenvalue weighted by atomic mass is 16.5. The Hall–Kier alpha value is -1.55. The molecule has 20 heavy (non-hydrogen) atoms. The van der Waals surface area contributed by atoms with E-state index in [9.17, 15) is 4.79 Å². The van der Waals surface area contributed by atoms with Crippen molar-refractivity contribution in [1.29, 1.82) is 0 Å². The third-order valence-electron chi connectivity index (χ3n) is 3.72. The minimum Gasteiger partial charge on any atom is -0.378 e. The molecule has 1 saturated heterocycles. The van der Waals surface area contributed by atoms with Crippen LogP contribution in [0.5, 0.6) is 0 Å². The van der Waals surface area contributed by atoms with Crippen LogP contribution in [0.2, 0.25) is 0 Å². The molecule has 1 N–H and O–H groups in total. The van der Waals surface area contributed by atoms with Crippen LogP contribution in [-0.2, 0) is 11.2 Å².